The van der Waals surface area contributed by atoms with E-state index in [1.54, 1.807) is 0 Å². The van der Waals surface area contributed by atoms with Crippen molar-refractivity contribution in [1.82, 2.24) is 10.2 Å². The monoisotopic (exact) mass is 257 g/mol. The molecular formula is C16H23N3. The Morgan fingerprint density at radius 3 is 2.74 bits per heavy atom. The van der Waals surface area contributed by atoms with Crippen LogP contribution in [-0.4, -0.2) is 30.1 Å². The molecule has 1 atom stereocenters. The number of hydrogen-bond donors (Lipinski definition) is 1. The number of hydrogen-bond acceptors (Lipinski definition) is 3. The molecule has 1 aliphatic rings. The molecule has 0 spiro atoms. The lowest BCUT2D eigenvalue weighted by Gasteiger charge is -2.26. The van der Waals surface area contributed by atoms with E-state index in [9.17, 15) is 5.26 Å². The average molecular weight is 257 g/mol. The van der Waals surface area contributed by atoms with Gasteiger partial charge in [0.1, 0.15) is 5.54 Å². The van der Waals surface area contributed by atoms with Crippen LogP contribution in [0.4, 0.5) is 0 Å². The molecule has 3 heteroatoms. The second kappa shape index (κ2) is 6.70. The highest BCUT2D eigenvalue weighted by Gasteiger charge is 2.31. The SMILES string of the molecule is CCN1CCCC(C#N)(NCc2ccccc2)CC1. The first-order chi connectivity index (χ1) is 9.28. The third-order valence-corrected chi connectivity index (χ3v) is 4.07. The maximum atomic E-state index is 9.57. The summed E-state index contributed by atoms with van der Waals surface area (Å²) in [5.74, 6) is 0. The average Bonchev–Trinajstić information content (AvgIpc) is 2.69. The number of rotatable bonds is 4. The van der Waals surface area contributed by atoms with Crippen molar-refractivity contribution < 1.29 is 0 Å². The zero-order valence-electron chi connectivity index (χ0n) is 11.7. The summed E-state index contributed by atoms with van der Waals surface area (Å²) in [7, 11) is 0. The van der Waals surface area contributed by atoms with E-state index in [2.05, 4.69) is 35.3 Å². The predicted molar refractivity (Wildman–Crippen MR) is 77.6 cm³/mol. The number of nitrogens with zero attached hydrogens (tertiary/aromatic N) is 2. The van der Waals surface area contributed by atoms with E-state index in [-0.39, 0.29) is 5.54 Å². The van der Waals surface area contributed by atoms with E-state index in [0.29, 0.717) is 0 Å². The number of nitrogens with one attached hydrogen (secondary N) is 1. The van der Waals surface area contributed by atoms with Crippen LogP contribution in [0.3, 0.4) is 0 Å². The van der Waals surface area contributed by atoms with Crippen molar-refractivity contribution in [1.29, 1.82) is 5.26 Å². The van der Waals surface area contributed by atoms with Gasteiger partial charge in [-0.25, -0.2) is 0 Å². The molecular weight excluding hydrogens is 234 g/mol. The molecule has 0 radical (unpaired) electrons. The maximum Gasteiger partial charge on any atom is 0.108 e. The Hall–Kier alpha value is -1.37. The van der Waals surface area contributed by atoms with E-state index in [1.165, 1.54) is 5.56 Å². The van der Waals surface area contributed by atoms with Crippen molar-refractivity contribution in [3.63, 3.8) is 0 Å². The Kier molecular flexibility index (Phi) is 4.95. The van der Waals surface area contributed by atoms with Crippen LogP contribution in [0.1, 0.15) is 31.7 Å². The van der Waals surface area contributed by atoms with Gasteiger partial charge in [0.2, 0.25) is 0 Å². The van der Waals surface area contributed by atoms with Crippen LogP contribution in [0, 0.1) is 11.3 Å². The Bertz CT molecular complexity index is 423. The molecule has 1 N–H and O–H groups in total. The molecule has 1 aromatic carbocycles. The molecule has 19 heavy (non-hydrogen) atoms. The predicted octanol–water partition coefficient (Wildman–Crippen LogP) is 2.54. The molecule has 3 nitrogen and oxygen atoms in total. The molecule has 1 fully saturated rings. The van der Waals surface area contributed by atoms with Gasteiger partial charge in [-0.2, -0.15) is 5.26 Å². The molecule has 0 saturated carbocycles. The van der Waals surface area contributed by atoms with Crippen LogP contribution in [0.5, 0.6) is 0 Å². The van der Waals surface area contributed by atoms with Gasteiger partial charge in [0.25, 0.3) is 0 Å². The molecule has 1 unspecified atom stereocenters. The molecule has 0 aromatic heterocycles. The summed E-state index contributed by atoms with van der Waals surface area (Å²) in [5, 5.41) is 13.1. The summed E-state index contributed by atoms with van der Waals surface area (Å²) < 4.78 is 0. The van der Waals surface area contributed by atoms with Gasteiger partial charge >= 0.3 is 0 Å². The summed E-state index contributed by atoms with van der Waals surface area (Å²) >= 11 is 0. The molecule has 2 rings (SSSR count). The molecule has 0 aliphatic carbocycles. The van der Waals surface area contributed by atoms with Crippen LogP contribution >= 0.6 is 0 Å². The second-order valence-electron chi connectivity index (χ2n) is 5.32. The second-order valence-corrected chi connectivity index (χ2v) is 5.32. The number of nitriles is 1. The van der Waals surface area contributed by atoms with Gasteiger partial charge in [-0.15, -0.1) is 0 Å². The minimum Gasteiger partial charge on any atom is -0.304 e. The van der Waals surface area contributed by atoms with E-state index in [4.69, 9.17) is 0 Å². The van der Waals surface area contributed by atoms with Crippen molar-refractivity contribution in [2.24, 2.45) is 0 Å². The van der Waals surface area contributed by atoms with Crippen molar-refractivity contribution in [3.05, 3.63) is 35.9 Å². The largest absolute Gasteiger partial charge is 0.304 e. The molecule has 0 bridgehead atoms. The maximum absolute atomic E-state index is 9.57. The van der Waals surface area contributed by atoms with Gasteiger partial charge in [-0.3, -0.25) is 5.32 Å². The van der Waals surface area contributed by atoms with Gasteiger partial charge in [0.05, 0.1) is 6.07 Å². The molecule has 102 valence electrons. The fraction of sp³-hybridized carbons (Fsp3) is 0.562. The van der Waals surface area contributed by atoms with Crippen molar-refractivity contribution in [3.8, 4) is 6.07 Å². The summed E-state index contributed by atoms with van der Waals surface area (Å²) in [6.45, 7) is 6.19. The first kappa shape index (κ1) is 14.0. The Morgan fingerprint density at radius 2 is 2.05 bits per heavy atom. The Morgan fingerprint density at radius 1 is 1.26 bits per heavy atom. The van der Waals surface area contributed by atoms with Gasteiger partial charge in [-0.05, 0) is 37.9 Å². The molecule has 1 aromatic rings. The first-order valence-electron chi connectivity index (χ1n) is 7.20. The lowest BCUT2D eigenvalue weighted by atomic mass is 9.92. The quantitative estimate of drug-likeness (QED) is 0.901. The minimum absolute atomic E-state index is 0.347. The normalized spacial score (nSPS) is 24.6. The lowest BCUT2D eigenvalue weighted by Crippen LogP contribution is -2.44. The topological polar surface area (TPSA) is 39.1 Å². The van der Waals surface area contributed by atoms with Crippen molar-refractivity contribution in [2.75, 3.05) is 19.6 Å². The van der Waals surface area contributed by atoms with Gasteiger partial charge in [0, 0.05) is 13.1 Å². The summed E-state index contributed by atoms with van der Waals surface area (Å²) in [6.07, 6.45) is 2.97. The summed E-state index contributed by atoms with van der Waals surface area (Å²) in [4.78, 5) is 2.43. The highest BCUT2D eigenvalue weighted by Crippen LogP contribution is 2.22. The smallest absolute Gasteiger partial charge is 0.108 e. The molecule has 0 amide bonds. The highest BCUT2D eigenvalue weighted by molar-refractivity contribution is 5.16. The first-order valence-corrected chi connectivity index (χ1v) is 7.20. The van der Waals surface area contributed by atoms with Gasteiger partial charge in [-0.1, -0.05) is 37.3 Å². The van der Waals surface area contributed by atoms with E-state index >= 15 is 0 Å². The number of benzene rings is 1. The zero-order valence-corrected chi connectivity index (χ0v) is 11.7. The minimum atomic E-state index is -0.347. The van der Waals surface area contributed by atoms with Crippen LogP contribution in [0.25, 0.3) is 0 Å². The third-order valence-electron chi connectivity index (χ3n) is 4.07. The van der Waals surface area contributed by atoms with E-state index < -0.39 is 0 Å². The Balaban J connectivity index is 1.97. The zero-order chi connectivity index (χ0) is 13.6. The summed E-state index contributed by atoms with van der Waals surface area (Å²) in [6, 6.07) is 12.9. The highest BCUT2D eigenvalue weighted by atomic mass is 15.1. The number of likely N-dealkylation sites (tertiary alicyclic amines) is 1. The van der Waals surface area contributed by atoms with Crippen LogP contribution in [-0.2, 0) is 6.54 Å². The molecule has 1 heterocycles. The lowest BCUT2D eigenvalue weighted by molar-refractivity contribution is 0.288. The third kappa shape index (κ3) is 3.79. The van der Waals surface area contributed by atoms with Gasteiger partial charge < -0.3 is 4.90 Å². The van der Waals surface area contributed by atoms with E-state index in [0.717, 1.165) is 45.4 Å². The Labute approximate surface area is 116 Å². The molecule has 1 aliphatic heterocycles. The van der Waals surface area contributed by atoms with Crippen LogP contribution in [0.15, 0.2) is 30.3 Å². The van der Waals surface area contributed by atoms with Gasteiger partial charge in [0.15, 0.2) is 0 Å². The molecule has 1 saturated heterocycles. The van der Waals surface area contributed by atoms with E-state index in [1.807, 2.05) is 18.2 Å². The standard InChI is InChI=1S/C16H23N3/c1-2-19-11-6-9-16(14-17,10-12-19)18-13-15-7-4-3-5-8-15/h3-5,7-8,18H,2,6,9-13H2,1H3. The van der Waals surface area contributed by atoms with Crippen LogP contribution in [0.2, 0.25) is 0 Å². The fourth-order valence-electron chi connectivity index (χ4n) is 2.70. The van der Waals surface area contributed by atoms with Crippen molar-refractivity contribution >= 4 is 0 Å². The summed E-state index contributed by atoms with van der Waals surface area (Å²) in [5.41, 5.74) is 0.897. The van der Waals surface area contributed by atoms with Crippen LogP contribution < -0.4 is 5.32 Å². The van der Waals surface area contributed by atoms with Crippen molar-refractivity contribution in [2.45, 2.75) is 38.3 Å². The fourth-order valence-corrected chi connectivity index (χ4v) is 2.70.